The van der Waals surface area contributed by atoms with E-state index in [0.29, 0.717) is 16.6 Å². The first-order valence-corrected chi connectivity index (χ1v) is 6.48. The first-order chi connectivity index (χ1) is 10.1. The molecule has 0 aliphatic carbocycles. The van der Waals surface area contributed by atoms with Crippen molar-refractivity contribution in [1.82, 2.24) is 8.97 Å². The van der Waals surface area contributed by atoms with Gasteiger partial charge >= 0.3 is 5.97 Å². The number of ether oxygens (including phenoxy) is 1. The summed E-state index contributed by atoms with van der Waals surface area (Å²) in [6.45, 7) is 0.146. The van der Waals surface area contributed by atoms with E-state index in [1.807, 2.05) is 0 Å². The van der Waals surface area contributed by atoms with E-state index in [4.69, 9.17) is 0 Å². The summed E-state index contributed by atoms with van der Waals surface area (Å²) in [7, 11) is 1.29. The van der Waals surface area contributed by atoms with E-state index in [9.17, 15) is 14.0 Å². The molecule has 0 radical (unpaired) electrons. The first kappa shape index (κ1) is 13.4. The lowest BCUT2D eigenvalue weighted by molar-refractivity contribution is -0.140. The molecule has 0 N–H and O–H groups in total. The summed E-state index contributed by atoms with van der Waals surface area (Å²) in [6.07, 6.45) is 1.81. The highest BCUT2D eigenvalue weighted by atomic mass is 19.1. The fourth-order valence-electron chi connectivity index (χ4n) is 2.46. The highest BCUT2D eigenvalue weighted by Crippen LogP contribution is 2.17. The summed E-state index contributed by atoms with van der Waals surface area (Å²) < 4.78 is 21.2. The van der Waals surface area contributed by atoms with Gasteiger partial charge in [0, 0.05) is 12.7 Å². The number of halogens is 1. The Hall–Kier alpha value is -2.63. The lowest BCUT2D eigenvalue weighted by atomic mass is 10.2. The average Bonchev–Trinajstić information content (AvgIpc) is 2.96. The van der Waals surface area contributed by atoms with Gasteiger partial charge in [-0.15, -0.1) is 0 Å². The number of carbonyl (C=O) groups excluding carboxylic acids is 1. The third-order valence-electron chi connectivity index (χ3n) is 3.47. The Labute approximate surface area is 119 Å². The maximum Gasteiger partial charge on any atom is 0.307 e. The topological polar surface area (TPSA) is 52.7 Å². The molecule has 0 unspecified atom stereocenters. The van der Waals surface area contributed by atoms with Crippen molar-refractivity contribution in [3.63, 3.8) is 0 Å². The van der Waals surface area contributed by atoms with E-state index in [2.05, 4.69) is 4.74 Å². The first-order valence-electron chi connectivity index (χ1n) is 6.48. The molecule has 21 heavy (non-hydrogen) atoms. The Morgan fingerprint density at radius 3 is 2.81 bits per heavy atom. The molecule has 0 aliphatic heterocycles. The van der Waals surface area contributed by atoms with Gasteiger partial charge in [0.25, 0.3) is 5.56 Å². The van der Waals surface area contributed by atoms with Gasteiger partial charge in [-0.1, -0.05) is 0 Å². The molecule has 0 fully saturated rings. The smallest absolute Gasteiger partial charge is 0.307 e. The zero-order valence-corrected chi connectivity index (χ0v) is 11.4. The van der Waals surface area contributed by atoms with Crippen LogP contribution >= 0.6 is 0 Å². The van der Waals surface area contributed by atoms with Crippen molar-refractivity contribution in [1.29, 1.82) is 0 Å². The van der Waals surface area contributed by atoms with E-state index < -0.39 is 11.8 Å². The van der Waals surface area contributed by atoms with Crippen molar-refractivity contribution in [2.24, 2.45) is 0 Å². The molecule has 3 aromatic rings. The van der Waals surface area contributed by atoms with Crippen molar-refractivity contribution in [3.05, 3.63) is 52.7 Å². The van der Waals surface area contributed by atoms with Crippen LogP contribution in [-0.4, -0.2) is 22.0 Å². The monoisotopic (exact) mass is 288 g/mol. The predicted molar refractivity (Wildman–Crippen MR) is 75.8 cm³/mol. The zero-order valence-electron chi connectivity index (χ0n) is 11.4. The molecular formula is C15H13FN2O3. The van der Waals surface area contributed by atoms with Crippen LogP contribution in [0, 0.1) is 5.82 Å². The number of nitrogens with zero attached hydrogens (tertiary/aromatic N) is 2. The number of methoxy groups -OCH3 is 1. The highest BCUT2D eigenvalue weighted by molar-refractivity contribution is 5.79. The van der Waals surface area contributed by atoms with Crippen molar-refractivity contribution >= 4 is 22.5 Å². The number of fused-ring (bicyclic) bond motifs is 3. The number of hydrogen-bond acceptors (Lipinski definition) is 3. The van der Waals surface area contributed by atoms with Crippen LogP contribution in [-0.2, 0) is 16.1 Å². The molecular weight excluding hydrogens is 275 g/mol. The number of hydrogen-bond donors (Lipinski definition) is 0. The van der Waals surface area contributed by atoms with Crippen molar-refractivity contribution in [3.8, 4) is 0 Å². The molecule has 3 rings (SSSR count). The van der Waals surface area contributed by atoms with E-state index in [1.54, 1.807) is 28.8 Å². The Kier molecular flexibility index (Phi) is 3.21. The third kappa shape index (κ3) is 2.18. The minimum atomic E-state index is -0.430. The molecule has 6 heteroatoms. The van der Waals surface area contributed by atoms with E-state index >= 15 is 0 Å². The second kappa shape index (κ2) is 5.05. The Morgan fingerprint density at radius 2 is 2.05 bits per heavy atom. The van der Waals surface area contributed by atoms with Crippen LogP contribution in [0.4, 0.5) is 4.39 Å². The SMILES string of the molecule is COC(=O)CCn1c(=O)c2cccn2c2ccc(F)cc21. The van der Waals surface area contributed by atoms with E-state index in [1.165, 1.54) is 23.8 Å². The average molecular weight is 288 g/mol. The number of benzene rings is 1. The maximum absolute atomic E-state index is 13.5. The van der Waals surface area contributed by atoms with Gasteiger partial charge in [0.1, 0.15) is 11.3 Å². The molecule has 0 amide bonds. The summed E-state index contributed by atoms with van der Waals surface area (Å²) in [5, 5.41) is 0. The van der Waals surface area contributed by atoms with Gasteiger partial charge in [0.2, 0.25) is 0 Å². The molecule has 5 nitrogen and oxygen atoms in total. The molecule has 2 aromatic heterocycles. The van der Waals surface area contributed by atoms with Crippen molar-refractivity contribution in [2.45, 2.75) is 13.0 Å². The Morgan fingerprint density at radius 1 is 1.24 bits per heavy atom. The van der Waals surface area contributed by atoms with Crippen LogP contribution in [0.15, 0.2) is 41.3 Å². The molecule has 0 saturated carbocycles. The van der Waals surface area contributed by atoms with Crippen molar-refractivity contribution in [2.75, 3.05) is 7.11 Å². The van der Waals surface area contributed by atoms with Gasteiger partial charge in [0.15, 0.2) is 0 Å². The summed E-state index contributed by atoms with van der Waals surface area (Å²) in [4.78, 5) is 23.8. The lowest BCUT2D eigenvalue weighted by Crippen LogP contribution is -2.24. The maximum atomic E-state index is 13.5. The summed E-state index contributed by atoms with van der Waals surface area (Å²) in [5.74, 6) is -0.845. The number of carbonyl (C=O) groups is 1. The van der Waals surface area contributed by atoms with Gasteiger partial charge in [-0.2, -0.15) is 0 Å². The summed E-state index contributed by atoms with van der Waals surface area (Å²) in [5.41, 5.74) is 1.38. The van der Waals surface area contributed by atoms with Gasteiger partial charge in [0.05, 0.1) is 24.6 Å². The summed E-state index contributed by atoms with van der Waals surface area (Å²) in [6, 6.07) is 7.71. The fraction of sp³-hybridized carbons (Fsp3) is 0.200. The quantitative estimate of drug-likeness (QED) is 0.692. The predicted octanol–water partition coefficient (Wildman–Crippen LogP) is 1.96. The molecule has 1 aromatic carbocycles. The zero-order chi connectivity index (χ0) is 15.0. The second-order valence-electron chi connectivity index (χ2n) is 4.68. The standard InChI is InChI=1S/C15H13FN2O3/c1-21-14(19)6-8-18-13-9-10(16)4-5-11(13)17-7-2-3-12(17)15(18)20/h2-5,7,9H,6,8H2,1H3. The molecule has 108 valence electrons. The van der Waals surface area contributed by atoms with E-state index in [-0.39, 0.29) is 18.5 Å². The second-order valence-corrected chi connectivity index (χ2v) is 4.68. The molecule has 0 aliphatic rings. The number of aromatic nitrogens is 2. The molecule has 0 bridgehead atoms. The van der Waals surface area contributed by atoms with Crippen LogP contribution in [0.5, 0.6) is 0 Å². The minimum Gasteiger partial charge on any atom is -0.469 e. The van der Waals surface area contributed by atoms with Crippen LogP contribution in [0.3, 0.4) is 0 Å². The highest BCUT2D eigenvalue weighted by Gasteiger charge is 2.12. The number of aryl methyl sites for hydroxylation is 1. The third-order valence-corrected chi connectivity index (χ3v) is 3.47. The van der Waals surface area contributed by atoms with Gasteiger partial charge in [-0.3, -0.25) is 9.59 Å². The molecule has 2 heterocycles. The lowest BCUT2D eigenvalue weighted by Gasteiger charge is -2.12. The normalized spacial score (nSPS) is 11.1. The summed E-state index contributed by atoms with van der Waals surface area (Å²) >= 11 is 0. The molecule has 0 atom stereocenters. The van der Waals surface area contributed by atoms with Crippen LogP contribution in [0.1, 0.15) is 6.42 Å². The molecule has 0 saturated heterocycles. The van der Waals surface area contributed by atoms with Crippen molar-refractivity contribution < 1.29 is 13.9 Å². The Balaban J connectivity index is 2.27. The number of rotatable bonds is 3. The van der Waals surface area contributed by atoms with Crippen LogP contribution in [0.25, 0.3) is 16.6 Å². The molecule has 0 spiro atoms. The van der Waals surface area contributed by atoms with Crippen LogP contribution < -0.4 is 5.56 Å². The van der Waals surface area contributed by atoms with Gasteiger partial charge in [-0.05, 0) is 30.3 Å². The van der Waals surface area contributed by atoms with Gasteiger partial charge in [-0.25, -0.2) is 4.39 Å². The number of esters is 1. The van der Waals surface area contributed by atoms with Gasteiger partial charge < -0.3 is 13.7 Å². The minimum absolute atomic E-state index is 0.0545. The van der Waals surface area contributed by atoms with E-state index in [0.717, 1.165) is 0 Å². The fourth-order valence-corrected chi connectivity index (χ4v) is 2.46. The van der Waals surface area contributed by atoms with Crippen LogP contribution in [0.2, 0.25) is 0 Å². The largest absolute Gasteiger partial charge is 0.469 e. The Bertz CT molecular complexity index is 895.